The Bertz CT molecular complexity index is 898. The van der Waals surface area contributed by atoms with Crippen molar-refractivity contribution in [2.45, 2.75) is 56.3 Å². The number of carboxylic acid groups (broad SMARTS) is 2. The van der Waals surface area contributed by atoms with Crippen LogP contribution in [-0.4, -0.2) is 81.2 Å². The van der Waals surface area contributed by atoms with Crippen LogP contribution in [-0.2, 0) is 30.4 Å². The fourth-order valence-electron chi connectivity index (χ4n) is 3.71. The SMILES string of the molecule is NC(CS)C(=O)NC(Cc1ccccc1)C(=O)N1CCCC1C(=O)NC(CCC(=O)O)C(=O)O. The van der Waals surface area contributed by atoms with Crippen molar-refractivity contribution in [1.82, 2.24) is 15.5 Å². The quantitative estimate of drug-likeness (QED) is 0.208. The monoisotopic (exact) mass is 494 g/mol. The molecule has 0 bridgehead atoms. The lowest BCUT2D eigenvalue weighted by molar-refractivity contribution is -0.145. The number of thiol groups is 1. The average molecular weight is 495 g/mol. The van der Waals surface area contributed by atoms with Gasteiger partial charge in [-0.2, -0.15) is 12.6 Å². The third-order valence-electron chi connectivity index (χ3n) is 5.53. The molecule has 0 spiro atoms. The number of hydrogen-bond acceptors (Lipinski definition) is 7. The van der Waals surface area contributed by atoms with Gasteiger partial charge in [-0.1, -0.05) is 30.3 Å². The molecule has 0 aromatic heterocycles. The van der Waals surface area contributed by atoms with E-state index in [9.17, 15) is 29.1 Å². The number of nitrogens with two attached hydrogens (primary N) is 1. The smallest absolute Gasteiger partial charge is 0.326 e. The van der Waals surface area contributed by atoms with Crippen LogP contribution < -0.4 is 16.4 Å². The van der Waals surface area contributed by atoms with Crippen molar-refractivity contribution in [2.75, 3.05) is 12.3 Å². The lowest BCUT2D eigenvalue weighted by Gasteiger charge is -2.30. The van der Waals surface area contributed by atoms with Crippen molar-refractivity contribution >= 4 is 42.3 Å². The van der Waals surface area contributed by atoms with E-state index in [4.69, 9.17) is 10.8 Å². The maximum absolute atomic E-state index is 13.4. The van der Waals surface area contributed by atoms with Gasteiger partial charge in [-0.3, -0.25) is 19.2 Å². The lowest BCUT2D eigenvalue weighted by Crippen LogP contribution is -2.57. The van der Waals surface area contributed by atoms with Crippen molar-refractivity contribution in [3.05, 3.63) is 35.9 Å². The van der Waals surface area contributed by atoms with Crippen LogP contribution in [0.1, 0.15) is 31.2 Å². The van der Waals surface area contributed by atoms with E-state index >= 15 is 0 Å². The molecule has 186 valence electrons. The second-order valence-electron chi connectivity index (χ2n) is 8.06. The molecule has 4 atom stereocenters. The topological polar surface area (TPSA) is 179 Å². The number of likely N-dealkylation sites (tertiary alicyclic amines) is 1. The number of carboxylic acids is 2. The minimum absolute atomic E-state index is 0.0831. The van der Waals surface area contributed by atoms with Gasteiger partial charge in [-0.15, -0.1) is 0 Å². The van der Waals surface area contributed by atoms with Gasteiger partial charge in [-0.25, -0.2) is 4.79 Å². The van der Waals surface area contributed by atoms with Gasteiger partial charge in [0.2, 0.25) is 17.7 Å². The van der Waals surface area contributed by atoms with Gasteiger partial charge >= 0.3 is 11.9 Å². The van der Waals surface area contributed by atoms with E-state index in [1.807, 2.05) is 6.07 Å². The Morgan fingerprint density at radius 3 is 2.35 bits per heavy atom. The summed E-state index contributed by atoms with van der Waals surface area (Å²) in [6, 6.07) is 4.79. The zero-order valence-corrected chi connectivity index (χ0v) is 19.4. The largest absolute Gasteiger partial charge is 0.481 e. The second kappa shape index (κ2) is 12.9. The molecule has 1 aromatic rings. The average Bonchev–Trinajstić information content (AvgIpc) is 3.30. The van der Waals surface area contributed by atoms with Gasteiger partial charge in [0.1, 0.15) is 18.1 Å². The Balaban J connectivity index is 2.18. The van der Waals surface area contributed by atoms with Crippen molar-refractivity contribution < 1.29 is 34.2 Å². The predicted molar refractivity (Wildman–Crippen MR) is 125 cm³/mol. The van der Waals surface area contributed by atoms with E-state index in [-0.39, 0.29) is 25.1 Å². The Morgan fingerprint density at radius 1 is 1.09 bits per heavy atom. The van der Waals surface area contributed by atoms with Gasteiger partial charge in [0, 0.05) is 25.1 Å². The number of carbonyl (C=O) groups excluding carboxylic acids is 3. The van der Waals surface area contributed by atoms with Crippen molar-refractivity contribution in [3.63, 3.8) is 0 Å². The van der Waals surface area contributed by atoms with E-state index in [2.05, 4.69) is 23.3 Å². The van der Waals surface area contributed by atoms with E-state index in [1.54, 1.807) is 24.3 Å². The molecule has 11 nitrogen and oxygen atoms in total. The Kier molecular flexibility index (Phi) is 10.3. The van der Waals surface area contributed by atoms with E-state index in [0.29, 0.717) is 12.8 Å². The normalized spacial score (nSPS) is 17.9. The highest BCUT2D eigenvalue weighted by molar-refractivity contribution is 7.80. The highest BCUT2D eigenvalue weighted by Gasteiger charge is 2.39. The zero-order valence-electron chi connectivity index (χ0n) is 18.6. The van der Waals surface area contributed by atoms with Crippen molar-refractivity contribution in [1.29, 1.82) is 0 Å². The van der Waals surface area contributed by atoms with Gasteiger partial charge in [-0.05, 0) is 24.8 Å². The summed E-state index contributed by atoms with van der Waals surface area (Å²) in [7, 11) is 0. The van der Waals surface area contributed by atoms with Crippen LogP contribution in [0.5, 0.6) is 0 Å². The van der Waals surface area contributed by atoms with Crippen LogP contribution in [0.25, 0.3) is 0 Å². The number of hydrogen-bond donors (Lipinski definition) is 6. The summed E-state index contributed by atoms with van der Waals surface area (Å²) in [5, 5.41) is 23.1. The predicted octanol–water partition coefficient (Wildman–Crippen LogP) is -0.604. The first-order valence-electron chi connectivity index (χ1n) is 10.9. The van der Waals surface area contributed by atoms with Crippen LogP contribution >= 0.6 is 12.6 Å². The van der Waals surface area contributed by atoms with Crippen LogP contribution in [0, 0.1) is 0 Å². The second-order valence-corrected chi connectivity index (χ2v) is 8.43. The molecule has 12 heteroatoms. The standard InChI is InChI=1S/C22H30N4O7S/c23-14(12-34)19(29)25-16(11-13-5-2-1-3-6-13)21(31)26-10-4-7-17(26)20(30)24-15(22(32)33)8-9-18(27)28/h1-3,5-6,14-17,34H,4,7-12,23H2,(H,24,30)(H,25,29)(H,27,28)(H,32,33). The Morgan fingerprint density at radius 2 is 1.76 bits per heavy atom. The van der Waals surface area contributed by atoms with E-state index in [1.165, 1.54) is 4.90 Å². The minimum Gasteiger partial charge on any atom is -0.481 e. The first-order chi connectivity index (χ1) is 16.1. The molecule has 3 amide bonds. The molecule has 0 radical (unpaired) electrons. The highest BCUT2D eigenvalue weighted by atomic mass is 32.1. The van der Waals surface area contributed by atoms with Crippen molar-refractivity contribution in [2.24, 2.45) is 5.73 Å². The fourth-order valence-corrected chi connectivity index (χ4v) is 3.87. The molecule has 4 unspecified atom stereocenters. The number of benzene rings is 1. The van der Waals surface area contributed by atoms with E-state index < -0.39 is 60.2 Å². The molecular weight excluding hydrogens is 464 g/mol. The molecule has 1 fully saturated rings. The van der Waals surface area contributed by atoms with Gasteiger partial charge in [0.15, 0.2) is 0 Å². The molecule has 0 aliphatic carbocycles. The summed E-state index contributed by atoms with van der Waals surface area (Å²) in [5.74, 6) is -4.18. The molecule has 1 aliphatic heterocycles. The summed E-state index contributed by atoms with van der Waals surface area (Å²) in [6.45, 7) is 0.254. The molecule has 1 aliphatic rings. The van der Waals surface area contributed by atoms with E-state index in [0.717, 1.165) is 5.56 Å². The van der Waals surface area contributed by atoms with Crippen molar-refractivity contribution in [3.8, 4) is 0 Å². The first kappa shape index (κ1) is 27.1. The number of carbonyl (C=O) groups is 5. The molecule has 1 saturated heterocycles. The van der Waals surface area contributed by atoms with Crippen LogP contribution in [0.2, 0.25) is 0 Å². The molecule has 34 heavy (non-hydrogen) atoms. The van der Waals surface area contributed by atoms with Gasteiger partial charge in [0.05, 0.1) is 6.04 Å². The molecule has 1 aromatic carbocycles. The number of rotatable bonds is 12. The number of nitrogens with one attached hydrogen (secondary N) is 2. The van der Waals surface area contributed by atoms with Crippen LogP contribution in [0.3, 0.4) is 0 Å². The number of nitrogens with zero attached hydrogens (tertiary/aromatic N) is 1. The number of aliphatic carboxylic acids is 2. The van der Waals surface area contributed by atoms with Crippen LogP contribution in [0.15, 0.2) is 30.3 Å². The zero-order chi connectivity index (χ0) is 25.3. The Hall–Kier alpha value is -3.12. The molecule has 6 N–H and O–H groups in total. The third-order valence-corrected chi connectivity index (χ3v) is 5.92. The lowest BCUT2D eigenvalue weighted by atomic mass is 10.0. The van der Waals surface area contributed by atoms with Gasteiger partial charge < -0.3 is 31.5 Å². The Labute approximate surface area is 202 Å². The summed E-state index contributed by atoms with van der Waals surface area (Å²) in [4.78, 5) is 62.2. The highest BCUT2D eigenvalue weighted by Crippen LogP contribution is 2.20. The van der Waals surface area contributed by atoms with Crippen LogP contribution in [0.4, 0.5) is 0 Å². The molecular formula is C22H30N4O7S. The first-order valence-corrected chi connectivity index (χ1v) is 11.5. The molecule has 2 rings (SSSR count). The summed E-state index contributed by atoms with van der Waals surface area (Å²) in [5.41, 5.74) is 6.54. The minimum atomic E-state index is -1.39. The molecule has 1 heterocycles. The fraction of sp³-hybridized carbons (Fsp3) is 0.500. The maximum Gasteiger partial charge on any atom is 0.326 e. The summed E-state index contributed by atoms with van der Waals surface area (Å²) >= 11 is 4.02. The van der Waals surface area contributed by atoms with Gasteiger partial charge in [0.25, 0.3) is 0 Å². The summed E-state index contributed by atoms with van der Waals surface area (Å²) < 4.78 is 0. The third kappa shape index (κ3) is 7.73. The molecule has 0 saturated carbocycles. The summed E-state index contributed by atoms with van der Waals surface area (Å²) in [6.07, 6.45) is 0.280. The number of amides is 3. The maximum atomic E-state index is 13.4.